The Labute approximate surface area is 109 Å². The van der Waals surface area contributed by atoms with Crippen molar-refractivity contribution < 1.29 is 0 Å². The average molecular weight is 271 g/mol. The fourth-order valence-corrected chi connectivity index (χ4v) is 2.82. The highest BCUT2D eigenvalue weighted by molar-refractivity contribution is 6.33. The molecule has 0 fully saturated rings. The molecule has 17 heavy (non-hydrogen) atoms. The summed E-state index contributed by atoms with van der Waals surface area (Å²) in [5.41, 5.74) is 2.04. The number of alkyl halides is 1. The third-order valence-corrected chi connectivity index (χ3v) is 3.29. The van der Waals surface area contributed by atoms with Gasteiger partial charge in [0.25, 0.3) is 5.56 Å². The number of nitrogens with one attached hydrogen (secondary N) is 1. The third kappa shape index (κ3) is 2.05. The number of nitrogens with zero attached hydrogens (tertiary/aromatic N) is 1. The number of halogens is 2. The SMILES string of the molecule is Cc1nc2cc(Cl)c(C(C)Cl)c(C)c2c(=O)[nH]1. The maximum Gasteiger partial charge on any atom is 0.259 e. The first kappa shape index (κ1) is 12.4. The molecular weight excluding hydrogens is 259 g/mol. The molecule has 1 unspecified atom stereocenters. The maximum atomic E-state index is 11.9. The molecule has 5 heteroatoms. The zero-order valence-corrected chi connectivity index (χ0v) is 11.3. The summed E-state index contributed by atoms with van der Waals surface area (Å²) >= 11 is 12.3. The highest BCUT2D eigenvalue weighted by Gasteiger charge is 2.16. The Balaban J connectivity index is 2.97. The molecule has 0 saturated carbocycles. The van der Waals surface area contributed by atoms with Crippen LogP contribution in [0.1, 0.15) is 29.3 Å². The molecule has 2 rings (SSSR count). The standard InChI is InChI=1S/C12H12Cl2N2O/c1-5-10(6(2)13)8(14)4-9-11(5)12(17)16-7(3)15-9/h4,6H,1-3H3,(H,15,16,17). The lowest BCUT2D eigenvalue weighted by molar-refractivity contribution is 1.04. The number of H-pyrrole nitrogens is 1. The molecule has 1 aromatic heterocycles. The third-order valence-electron chi connectivity index (χ3n) is 2.76. The molecule has 0 saturated heterocycles. The molecule has 0 spiro atoms. The largest absolute Gasteiger partial charge is 0.310 e. The van der Waals surface area contributed by atoms with Gasteiger partial charge in [-0.2, -0.15) is 0 Å². The zero-order valence-electron chi connectivity index (χ0n) is 9.77. The van der Waals surface area contributed by atoms with Crippen molar-refractivity contribution >= 4 is 34.1 Å². The summed E-state index contributed by atoms with van der Waals surface area (Å²) in [6.07, 6.45) is 0. The summed E-state index contributed by atoms with van der Waals surface area (Å²) in [5, 5.41) is 0.866. The minimum Gasteiger partial charge on any atom is -0.310 e. The smallest absolute Gasteiger partial charge is 0.259 e. The van der Waals surface area contributed by atoms with Crippen molar-refractivity contribution in [1.82, 2.24) is 9.97 Å². The Morgan fingerprint density at radius 1 is 1.41 bits per heavy atom. The van der Waals surface area contributed by atoms with Gasteiger partial charge in [0.15, 0.2) is 0 Å². The van der Waals surface area contributed by atoms with Crippen LogP contribution in [-0.2, 0) is 0 Å². The minimum absolute atomic E-state index is 0.153. The van der Waals surface area contributed by atoms with E-state index in [4.69, 9.17) is 23.2 Å². The van der Waals surface area contributed by atoms with E-state index in [1.54, 1.807) is 13.0 Å². The van der Waals surface area contributed by atoms with Gasteiger partial charge in [-0.1, -0.05) is 11.6 Å². The van der Waals surface area contributed by atoms with E-state index < -0.39 is 0 Å². The van der Waals surface area contributed by atoms with E-state index in [1.165, 1.54) is 0 Å². The quantitative estimate of drug-likeness (QED) is 0.807. The van der Waals surface area contributed by atoms with E-state index in [2.05, 4.69) is 9.97 Å². The van der Waals surface area contributed by atoms with Gasteiger partial charge in [-0.3, -0.25) is 4.79 Å². The van der Waals surface area contributed by atoms with E-state index in [9.17, 15) is 4.79 Å². The van der Waals surface area contributed by atoms with Crippen LogP contribution in [-0.4, -0.2) is 9.97 Å². The van der Waals surface area contributed by atoms with Crippen LogP contribution in [0.25, 0.3) is 10.9 Å². The molecule has 0 aliphatic rings. The number of aryl methyl sites for hydroxylation is 2. The van der Waals surface area contributed by atoms with Crippen LogP contribution in [0.4, 0.5) is 0 Å². The van der Waals surface area contributed by atoms with Gasteiger partial charge in [0.2, 0.25) is 0 Å². The molecule has 0 aliphatic carbocycles. The second kappa shape index (κ2) is 4.31. The Bertz CT molecular complexity index is 647. The summed E-state index contributed by atoms with van der Waals surface area (Å²) in [6, 6.07) is 1.69. The van der Waals surface area contributed by atoms with E-state index in [0.717, 1.165) is 11.1 Å². The molecule has 90 valence electrons. The highest BCUT2D eigenvalue weighted by Crippen LogP contribution is 2.33. The summed E-state index contributed by atoms with van der Waals surface area (Å²) in [6.45, 7) is 5.41. The molecule has 3 nitrogen and oxygen atoms in total. The number of hydrogen-bond donors (Lipinski definition) is 1. The Morgan fingerprint density at radius 3 is 2.65 bits per heavy atom. The minimum atomic E-state index is -0.243. The van der Waals surface area contributed by atoms with Crippen LogP contribution in [0, 0.1) is 13.8 Å². The first-order valence-corrected chi connectivity index (χ1v) is 6.07. The summed E-state index contributed by atoms with van der Waals surface area (Å²) < 4.78 is 0. The van der Waals surface area contributed by atoms with Gasteiger partial charge in [0.05, 0.1) is 16.3 Å². The van der Waals surface area contributed by atoms with Crippen LogP contribution < -0.4 is 5.56 Å². The molecule has 2 aromatic rings. The van der Waals surface area contributed by atoms with Gasteiger partial charge in [-0.05, 0) is 38.0 Å². The molecule has 0 bridgehead atoms. The van der Waals surface area contributed by atoms with Crippen molar-refractivity contribution in [2.24, 2.45) is 0 Å². The van der Waals surface area contributed by atoms with E-state index in [1.807, 2.05) is 13.8 Å². The van der Waals surface area contributed by atoms with Crippen molar-refractivity contribution in [3.8, 4) is 0 Å². The summed E-state index contributed by atoms with van der Waals surface area (Å²) in [4.78, 5) is 18.9. The number of hydrogen-bond acceptors (Lipinski definition) is 2. The van der Waals surface area contributed by atoms with Crippen LogP contribution in [0.15, 0.2) is 10.9 Å². The van der Waals surface area contributed by atoms with Crippen LogP contribution in [0.5, 0.6) is 0 Å². The van der Waals surface area contributed by atoms with Crippen molar-refractivity contribution in [3.63, 3.8) is 0 Å². The fourth-order valence-electron chi connectivity index (χ4n) is 2.07. The van der Waals surface area contributed by atoms with E-state index >= 15 is 0 Å². The second-order valence-electron chi connectivity index (χ2n) is 4.06. The van der Waals surface area contributed by atoms with Gasteiger partial charge in [0, 0.05) is 5.02 Å². The van der Waals surface area contributed by atoms with E-state index in [0.29, 0.717) is 21.7 Å². The van der Waals surface area contributed by atoms with Crippen molar-refractivity contribution in [3.05, 3.63) is 38.4 Å². The second-order valence-corrected chi connectivity index (χ2v) is 5.12. The number of rotatable bonds is 1. The Hall–Kier alpha value is -1.06. The van der Waals surface area contributed by atoms with Gasteiger partial charge >= 0.3 is 0 Å². The maximum absolute atomic E-state index is 11.9. The van der Waals surface area contributed by atoms with Crippen LogP contribution >= 0.6 is 23.2 Å². The molecular formula is C12H12Cl2N2O. The lowest BCUT2D eigenvalue weighted by Crippen LogP contribution is -2.12. The first-order valence-electron chi connectivity index (χ1n) is 5.25. The van der Waals surface area contributed by atoms with Crippen molar-refractivity contribution in [1.29, 1.82) is 0 Å². The number of fused-ring (bicyclic) bond motifs is 1. The Morgan fingerprint density at radius 2 is 2.06 bits per heavy atom. The number of aromatic nitrogens is 2. The van der Waals surface area contributed by atoms with Gasteiger partial charge in [0.1, 0.15) is 5.82 Å². The number of aromatic amines is 1. The number of benzene rings is 1. The molecule has 1 heterocycles. The van der Waals surface area contributed by atoms with Gasteiger partial charge in [-0.15, -0.1) is 11.6 Å². The molecule has 1 N–H and O–H groups in total. The first-order chi connectivity index (χ1) is 7.91. The lowest BCUT2D eigenvalue weighted by atomic mass is 10.0. The predicted octanol–water partition coefficient (Wildman–Crippen LogP) is 3.49. The topological polar surface area (TPSA) is 45.8 Å². The Kier molecular flexibility index (Phi) is 3.15. The monoisotopic (exact) mass is 270 g/mol. The van der Waals surface area contributed by atoms with Gasteiger partial charge in [-0.25, -0.2) is 4.98 Å². The summed E-state index contributed by atoms with van der Waals surface area (Å²) in [5.74, 6) is 0.574. The predicted molar refractivity (Wildman–Crippen MR) is 71.1 cm³/mol. The fraction of sp³-hybridized carbons (Fsp3) is 0.333. The lowest BCUT2D eigenvalue weighted by Gasteiger charge is -2.12. The van der Waals surface area contributed by atoms with Crippen molar-refractivity contribution in [2.75, 3.05) is 0 Å². The van der Waals surface area contributed by atoms with Crippen LogP contribution in [0.2, 0.25) is 5.02 Å². The van der Waals surface area contributed by atoms with Gasteiger partial charge < -0.3 is 4.98 Å². The summed E-state index contributed by atoms with van der Waals surface area (Å²) in [7, 11) is 0. The van der Waals surface area contributed by atoms with E-state index in [-0.39, 0.29) is 10.9 Å². The molecule has 1 aromatic carbocycles. The normalized spacial score (nSPS) is 13.0. The van der Waals surface area contributed by atoms with Crippen LogP contribution in [0.3, 0.4) is 0 Å². The molecule has 0 radical (unpaired) electrons. The molecule has 1 atom stereocenters. The molecule has 0 amide bonds. The van der Waals surface area contributed by atoms with Crippen molar-refractivity contribution in [2.45, 2.75) is 26.1 Å². The molecule has 0 aliphatic heterocycles. The highest BCUT2D eigenvalue weighted by atomic mass is 35.5. The average Bonchev–Trinajstić information content (AvgIpc) is 2.13. The zero-order chi connectivity index (χ0) is 12.7.